The minimum Gasteiger partial charge on any atom is -0.394 e. The molecule has 1 unspecified atom stereocenters. The van der Waals surface area contributed by atoms with Crippen LogP contribution in [0.15, 0.2) is 24.3 Å². The van der Waals surface area contributed by atoms with E-state index in [0.29, 0.717) is 26.2 Å². The molecule has 1 aliphatic carbocycles. The lowest BCUT2D eigenvalue weighted by molar-refractivity contribution is -0.126. The molecule has 1 saturated heterocycles. The number of ether oxygens (including phenoxy) is 2. The summed E-state index contributed by atoms with van der Waals surface area (Å²) in [4.78, 5) is 12.6. The number of hydrogen-bond donors (Lipinski definition) is 2. The Labute approximate surface area is 134 Å². The molecular weight excluding hydrogens is 301 g/mol. The van der Waals surface area contributed by atoms with Crippen molar-refractivity contribution in [3.8, 4) is 0 Å². The molecule has 2 aliphatic rings. The maximum atomic E-state index is 13.1. The molecule has 1 aromatic rings. The van der Waals surface area contributed by atoms with Crippen LogP contribution in [0.25, 0.3) is 0 Å². The van der Waals surface area contributed by atoms with Gasteiger partial charge < -0.3 is 19.9 Å². The van der Waals surface area contributed by atoms with E-state index < -0.39 is 11.0 Å². The fourth-order valence-electron chi connectivity index (χ4n) is 3.11. The van der Waals surface area contributed by atoms with Gasteiger partial charge in [0.2, 0.25) is 5.91 Å². The number of carbonyl (C=O) groups excluding carboxylic acids is 1. The summed E-state index contributed by atoms with van der Waals surface area (Å²) in [5, 5.41) is 11.9. The first-order valence-electron chi connectivity index (χ1n) is 7.97. The molecule has 0 radical (unpaired) electrons. The predicted molar refractivity (Wildman–Crippen MR) is 81.5 cm³/mol. The molecule has 0 aromatic heterocycles. The van der Waals surface area contributed by atoms with E-state index in [4.69, 9.17) is 14.6 Å². The number of benzene rings is 1. The van der Waals surface area contributed by atoms with E-state index in [1.165, 1.54) is 12.1 Å². The molecule has 5 nitrogen and oxygen atoms in total. The van der Waals surface area contributed by atoms with Gasteiger partial charge in [0, 0.05) is 19.6 Å². The van der Waals surface area contributed by atoms with Gasteiger partial charge in [-0.25, -0.2) is 4.39 Å². The molecule has 2 fully saturated rings. The Morgan fingerprint density at radius 2 is 2.04 bits per heavy atom. The third-order valence-corrected chi connectivity index (χ3v) is 4.72. The van der Waals surface area contributed by atoms with Gasteiger partial charge in [0.15, 0.2) is 0 Å². The van der Waals surface area contributed by atoms with Crippen LogP contribution in [0.5, 0.6) is 0 Å². The predicted octanol–water partition coefficient (Wildman–Crippen LogP) is 1.14. The Morgan fingerprint density at radius 1 is 1.30 bits per heavy atom. The van der Waals surface area contributed by atoms with Gasteiger partial charge in [0.25, 0.3) is 0 Å². The fraction of sp³-hybridized carbons (Fsp3) is 0.588. The van der Waals surface area contributed by atoms with Gasteiger partial charge in [0.1, 0.15) is 11.4 Å². The summed E-state index contributed by atoms with van der Waals surface area (Å²) in [6, 6.07) is 6.13. The Morgan fingerprint density at radius 3 is 2.61 bits per heavy atom. The lowest BCUT2D eigenvalue weighted by Gasteiger charge is -2.29. The first kappa shape index (κ1) is 16.4. The lowest BCUT2D eigenvalue weighted by Crippen LogP contribution is -2.48. The highest BCUT2D eigenvalue weighted by Gasteiger charge is 2.51. The Kier molecular flexibility index (Phi) is 4.66. The second-order valence-corrected chi connectivity index (χ2v) is 6.33. The summed E-state index contributed by atoms with van der Waals surface area (Å²) in [6.45, 7) is 1.52. The number of nitrogens with one attached hydrogen (secondary N) is 1. The van der Waals surface area contributed by atoms with Crippen LogP contribution in [0.1, 0.15) is 24.8 Å². The standard InChI is InChI=1S/C17H22FNO4/c18-14-3-1-13(2-4-14)17(5-6-17)15(21)19-11-16(23-10-8-20)7-9-22-12-16/h1-4,20H,5-12H2,(H,19,21). The molecule has 3 rings (SSSR count). The molecule has 0 bridgehead atoms. The van der Waals surface area contributed by atoms with Crippen LogP contribution >= 0.6 is 0 Å². The topological polar surface area (TPSA) is 67.8 Å². The first-order valence-corrected chi connectivity index (χ1v) is 7.97. The maximum Gasteiger partial charge on any atom is 0.230 e. The van der Waals surface area contributed by atoms with Crippen molar-refractivity contribution >= 4 is 5.91 Å². The Hall–Kier alpha value is -1.50. The number of rotatable bonds is 7. The third-order valence-electron chi connectivity index (χ3n) is 4.72. The van der Waals surface area contributed by atoms with Crippen LogP contribution in [0.4, 0.5) is 4.39 Å². The van der Waals surface area contributed by atoms with Crippen molar-refractivity contribution in [3.63, 3.8) is 0 Å². The van der Waals surface area contributed by atoms with Crippen LogP contribution in [0, 0.1) is 5.82 Å². The zero-order valence-corrected chi connectivity index (χ0v) is 13.0. The number of aliphatic hydroxyl groups excluding tert-OH is 1. The average Bonchev–Trinajstić information content (AvgIpc) is 3.25. The SMILES string of the molecule is O=C(NCC1(OCCO)CCOC1)C1(c2ccc(F)cc2)CC1. The highest BCUT2D eigenvalue weighted by atomic mass is 19.1. The Bertz CT molecular complexity index is 550. The van der Waals surface area contributed by atoms with Gasteiger partial charge in [-0.1, -0.05) is 12.1 Å². The molecule has 2 N–H and O–H groups in total. The molecule has 1 amide bonds. The number of amides is 1. The molecule has 1 saturated carbocycles. The smallest absolute Gasteiger partial charge is 0.230 e. The highest BCUT2D eigenvalue weighted by Crippen LogP contribution is 2.48. The summed E-state index contributed by atoms with van der Waals surface area (Å²) in [5.41, 5.74) is -0.243. The molecule has 0 spiro atoms. The zero-order valence-electron chi connectivity index (χ0n) is 13.0. The average molecular weight is 323 g/mol. The molecular formula is C17H22FNO4. The van der Waals surface area contributed by atoms with Crippen molar-refractivity contribution in [2.24, 2.45) is 0 Å². The van der Waals surface area contributed by atoms with Crippen LogP contribution < -0.4 is 5.32 Å². The lowest BCUT2D eigenvalue weighted by atomic mass is 9.94. The summed E-state index contributed by atoms with van der Waals surface area (Å²) < 4.78 is 24.2. The monoisotopic (exact) mass is 323 g/mol. The van der Waals surface area contributed by atoms with Crippen LogP contribution in [0.2, 0.25) is 0 Å². The van der Waals surface area contributed by atoms with Crippen molar-refractivity contribution in [2.75, 3.05) is 33.0 Å². The Balaban J connectivity index is 1.63. The maximum absolute atomic E-state index is 13.1. The molecule has 1 heterocycles. The van der Waals surface area contributed by atoms with Crippen molar-refractivity contribution in [1.82, 2.24) is 5.32 Å². The second-order valence-electron chi connectivity index (χ2n) is 6.33. The van der Waals surface area contributed by atoms with Gasteiger partial charge in [-0.05, 0) is 30.5 Å². The van der Waals surface area contributed by atoms with Crippen molar-refractivity contribution < 1.29 is 23.8 Å². The van der Waals surface area contributed by atoms with Crippen LogP contribution in [-0.2, 0) is 19.7 Å². The number of hydrogen-bond acceptors (Lipinski definition) is 4. The normalized spacial score (nSPS) is 25.3. The van der Waals surface area contributed by atoms with E-state index in [0.717, 1.165) is 18.4 Å². The second kappa shape index (κ2) is 6.55. The minimum absolute atomic E-state index is 0.0528. The summed E-state index contributed by atoms with van der Waals surface area (Å²) in [5.74, 6) is -0.354. The van der Waals surface area contributed by atoms with Crippen LogP contribution in [-0.4, -0.2) is 49.6 Å². The van der Waals surface area contributed by atoms with E-state index in [-0.39, 0.29) is 24.9 Å². The van der Waals surface area contributed by atoms with Gasteiger partial charge >= 0.3 is 0 Å². The van der Waals surface area contributed by atoms with Gasteiger partial charge in [-0.3, -0.25) is 4.79 Å². The van der Waals surface area contributed by atoms with Crippen LogP contribution in [0.3, 0.4) is 0 Å². The van der Waals surface area contributed by atoms with Crippen molar-refractivity contribution in [3.05, 3.63) is 35.6 Å². The van der Waals surface area contributed by atoms with E-state index >= 15 is 0 Å². The third kappa shape index (κ3) is 3.39. The number of halogens is 1. The van der Waals surface area contributed by atoms with Crippen molar-refractivity contribution in [1.29, 1.82) is 0 Å². The summed E-state index contributed by atoms with van der Waals surface area (Å²) >= 11 is 0. The quantitative estimate of drug-likeness (QED) is 0.790. The van der Waals surface area contributed by atoms with E-state index in [9.17, 15) is 9.18 Å². The summed E-state index contributed by atoms with van der Waals surface area (Å²) in [7, 11) is 0. The molecule has 1 aromatic carbocycles. The molecule has 6 heteroatoms. The zero-order chi connectivity index (χ0) is 16.3. The summed E-state index contributed by atoms with van der Waals surface area (Å²) in [6.07, 6.45) is 2.23. The number of carbonyl (C=O) groups is 1. The van der Waals surface area contributed by atoms with E-state index in [1.54, 1.807) is 12.1 Å². The molecule has 1 atom stereocenters. The van der Waals surface area contributed by atoms with E-state index in [1.807, 2.05) is 0 Å². The fourth-order valence-corrected chi connectivity index (χ4v) is 3.11. The van der Waals surface area contributed by atoms with Gasteiger partial charge in [-0.2, -0.15) is 0 Å². The first-order chi connectivity index (χ1) is 11.1. The largest absolute Gasteiger partial charge is 0.394 e. The number of aliphatic hydroxyl groups is 1. The van der Waals surface area contributed by atoms with Crippen molar-refractivity contribution in [2.45, 2.75) is 30.3 Å². The molecule has 1 aliphatic heterocycles. The van der Waals surface area contributed by atoms with Gasteiger partial charge in [0.05, 0.1) is 25.2 Å². The highest BCUT2D eigenvalue weighted by molar-refractivity contribution is 5.91. The molecule has 126 valence electrons. The minimum atomic E-state index is -0.558. The van der Waals surface area contributed by atoms with Gasteiger partial charge in [-0.15, -0.1) is 0 Å². The van der Waals surface area contributed by atoms with E-state index in [2.05, 4.69) is 5.32 Å². The molecule has 23 heavy (non-hydrogen) atoms.